The van der Waals surface area contributed by atoms with Crippen LogP contribution in [0.4, 0.5) is 0 Å². The standard InChI is InChI=1S/C11H24N2O2/c1-9(2)13(4)11(15)8-12-10(3)6-5-7-14/h9-10,12,14H,5-8H2,1-4H3. The Morgan fingerprint density at radius 3 is 2.47 bits per heavy atom. The molecule has 1 amide bonds. The van der Waals surface area contributed by atoms with Crippen LogP contribution in [0.15, 0.2) is 0 Å². The Morgan fingerprint density at radius 2 is 2.00 bits per heavy atom. The molecule has 0 saturated carbocycles. The summed E-state index contributed by atoms with van der Waals surface area (Å²) in [6, 6.07) is 0.522. The van der Waals surface area contributed by atoms with Crippen molar-refractivity contribution in [3.05, 3.63) is 0 Å². The van der Waals surface area contributed by atoms with Gasteiger partial charge in [0.25, 0.3) is 0 Å². The van der Waals surface area contributed by atoms with E-state index in [0.717, 1.165) is 12.8 Å². The highest BCUT2D eigenvalue weighted by molar-refractivity contribution is 5.78. The molecule has 1 unspecified atom stereocenters. The van der Waals surface area contributed by atoms with E-state index >= 15 is 0 Å². The van der Waals surface area contributed by atoms with Crippen molar-refractivity contribution in [2.24, 2.45) is 0 Å². The molecular weight excluding hydrogens is 192 g/mol. The lowest BCUT2D eigenvalue weighted by molar-refractivity contribution is -0.130. The Morgan fingerprint density at radius 1 is 1.40 bits per heavy atom. The molecule has 0 bridgehead atoms. The number of rotatable bonds is 7. The number of aliphatic hydroxyl groups is 1. The number of hydrogen-bond donors (Lipinski definition) is 2. The molecule has 15 heavy (non-hydrogen) atoms. The molecular formula is C11H24N2O2. The number of hydrogen-bond acceptors (Lipinski definition) is 3. The molecule has 0 aromatic carbocycles. The Balaban J connectivity index is 3.70. The van der Waals surface area contributed by atoms with E-state index in [1.165, 1.54) is 0 Å². The third kappa shape index (κ3) is 6.47. The summed E-state index contributed by atoms with van der Waals surface area (Å²) >= 11 is 0. The molecule has 2 N–H and O–H groups in total. The summed E-state index contributed by atoms with van der Waals surface area (Å²) in [4.78, 5) is 13.3. The quantitative estimate of drug-likeness (QED) is 0.655. The zero-order valence-electron chi connectivity index (χ0n) is 10.3. The van der Waals surface area contributed by atoms with E-state index in [1.54, 1.807) is 4.90 Å². The fraction of sp³-hybridized carbons (Fsp3) is 0.909. The Labute approximate surface area is 92.7 Å². The van der Waals surface area contributed by atoms with Gasteiger partial charge in [0.15, 0.2) is 0 Å². The van der Waals surface area contributed by atoms with E-state index in [-0.39, 0.29) is 24.6 Å². The van der Waals surface area contributed by atoms with Crippen LogP contribution in [0.1, 0.15) is 33.6 Å². The highest BCUT2D eigenvalue weighted by atomic mass is 16.2. The van der Waals surface area contributed by atoms with E-state index in [0.29, 0.717) is 6.54 Å². The van der Waals surface area contributed by atoms with Crippen molar-refractivity contribution in [2.45, 2.75) is 45.7 Å². The number of nitrogens with zero attached hydrogens (tertiary/aromatic N) is 1. The van der Waals surface area contributed by atoms with Crippen molar-refractivity contribution in [2.75, 3.05) is 20.2 Å². The van der Waals surface area contributed by atoms with E-state index in [1.807, 2.05) is 27.8 Å². The minimum atomic E-state index is 0.112. The van der Waals surface area contributed by atoms with Gasteiger partial charge in [0, 0.05) is 25.7 Å². The molecule has 0 aromatic heterocycles. The van der Waals surface area contributed by atoms with Crippen LogP contribution in [0.3, 0.4) is 0 Å². The third-order valence-electron chi connectivity index (χ3n) is 2.56. The summed E-state index contributed by atoms with van der Waals surface area (Å²) in [6.07, 6.45) is 1.68. The molecule has 0 spiro atoms. The first-order valence-corrected chi connectivity index (χ1v) is 5.59. The average molecular weight is 216 g/mol. The minimum absolute atomic E-state index is 0.112. The van der Waals surface area contributed by atoms with Crippen molar-refractivity contribution in [3.8, 4) is 0 Å². The maximum atomic E-state index is 11.6. The molecule has 4 heteroatoms. The highest BCUT2D eigenvalue weighted by Crippen LogP contribution is 1.97. The average Bonchev–Trinajstić information content (AvgIpc) is 2.21. The van der Waals surface area contributed by atoms with Crippen LogP contribution >= 0.6 is 0 Å². The van der Waals surface area contributed by atoms with E-state index in [2.05, 4.69) is 5.32 Å². The van der Waals surface area contributed by atoms with Gasteiger partial charge >= 0.3 is 0 Å². The molecule has 0 aliphatic heterocycles. The summed E-state index contributed by atoms with van der Waals surface area (Å²) in [5.41, 5.74) is 0. The SMILES string of the molecule is CC(CCCO)NCC(=O)N(C)C(C)C. The minimum Gasteiger partial charge on any atom is -0.396 e. The van der Waals surface area contributed by atoms with Gasteiger partial charge in [-0.15, -0.1) is 0 Å². The molecule has 0 fully saturated rings. The zero-order chi connectivity index (χ0) is 11.8. The lowest BCUT2D eigenvalue weighted by Gasteiger charge is -2.22. The molecule has 90 valence electrons. The second-order valence-electron chi connectivity index (χ2n) is 4.25. The van der Waals surface area contributed by atoms with Crippen LogP contribution in [-0.2, 0) is 4.79 Å². The maximum Gasteiger partial charge on any atom is 0.236 e. The van der Waals surface area contributed by atoms with Crippen molar-refractivity contribution >= 4 is 5.91 Å². The van der Waals surface area contributed by atoms with Gasteiger partial charge in [0.2, 0.25) is 5.91 Å². The first-order chi connectivity index (χ1) is 6.99. The summed E-state index contributed by atoms with van der Waals surface area (Å²) in [7, 11) is 1.81. The van der Waals surface area contributed by atoms with Crippen LogP contribution < -0.4 is 5.32 Å². The first kappa shape index (κ1) is 14.4. The summed E-state index contributed by atoms with van der Waals surface area (Å²) in [5.74, 6) is 0.112. The predicted molar refractivity (Wildman–Crippen MR) is 61.7 cm³/mol. The van der Waals surface area contributed by atoms with Gasteiger partial charge in [-0.25, -0.2) is 0 Å². The molecule has 0 aromatic rings. The zero-order valence-corrected chi connectivity index (χ0v) is 10.3. The van der Waals surface area contributed by atoms with Crippen LogP contribution in [0.5, 0.6) is 0 Å². The van der Waals surface area contributed by atoms with Crippen LogP contribution in [0.25, 0.3) is 0 Å². The third-order valence-corrected chi connectivity index (χ3v) is 2.56. The van der Waals surface area contributed by atoms with E-state index in [9.17, 15) is 4.79 Å². The summed E-state index contributed by atoms with van der Waals surface area (Å²) < 4.78 is 0. The second kappa shape index (κ2) is 7.65. The van der Waals surface area contributed by atoms with Crippen LogP contribution in [0.2, 0.25) is 0 Å². The van der Waals surface area contributed by atoms with Crippen LogP contribution in [-0.4, -0.2) is 48.2 Å². The fourth-order valence-corrected chi connectivity index (χ4v) is 1.17. The van der Waals surface area contributed by atoms with Crippen LogP contribution in [0, 0.1) is 0 Å². The largest absolute Gasteiger partial charge is 0.396 e. The Hall–Kier alpha value is -0.610. The Kier molecular flexibility index (Phi) is 7.34. The Bertz CT molecular complexity index is 183. The molecule has 0 heterocycles. The lowest BCUT2D eigenvalue weighted by atomic mass is 10.2. The van der Waals surface area contributed by atoms with Crippen molar-refractivity contribution in [1.82, 2.24) is 10.2 Å². The number of carbonyl (C=O) groups is 1. The van der Waals surface area contributed by atoms with Gasteiger partial charge in [-0.05, 0) is 33.6 Å². The predicted octanol–water partition coefficient (Wildman–Crippen LogP) is 0.604. The molecule has 0 aliphatic rings. The monoisotopic (exact) mass is 216 g/mol. The molecule has 0 saturated heterocycles. The number of nitrogens with one attached hydrogen (secondary N) is 1. The van der Waals surface area contributed by atoms with Crippen molar-refractivity contribution < 1.29 is 9.90 Å². The van der Waals surface area contributed by atoms with Crippen molar-refractivity contribution in [1.29, 1.82) is 0 Å². The summed E-state index contributed by atoms with van der Waals surface area (Å²) in [5, 5.41) is 11.8. The topological polar surface area (TPSA) is 52.6 Å². The molecule has 0 rings (SSSR count). The fourth-order valence-electron chi connectivity index (χ4n) is 1.17. The number of carbonyl (C=O) groups excluding carboxylic acids is 1. The second-order valence-corrected chi connectivity index (χ2v) is 4.25. The molecule has 0 radical (unpaired) electrons. The maximum absolute atomic E-state index is 11.6. The number of aliphatic hydroxyl groups excluding tert-OH is 1. The smallest absolute Gasteiger partial charge is 0.236 e. The van der Waals surface area contributed by atoms with Gasteiger partial charge in [0.05, 0.1) is 6.54 Å². The molecule has 4 nitrogen and oxygen atoms in total. The van der Waals surface area contributed by atoms with Gasteiger partial charge in [-0.1, -0.05) is 0 Å². The van der Waals surface area contributed by atoms with E-state index in [4.69, 9.17) is 5.11 Å². The first-order valence-electron chi connectivity index (χ1n) is 5.59. The van der Waals surface area contributed by atoms with Gasteiger partial charge in [-0.2, -0.15) is 0 Å². The van der Waals surface area contributed by atoms with E-state index < -0.39 is 0 Å². The lowest BCUT2D eigenvalue weighted by Crippen LogP contribution is -2.41. The van der Waals surface area contributed by atoms with Crippen molar-refractivity contribution in [3.63, 3.8) is 0 Å². The van der Waals surface area contributed by atoms with Gasteiger partial charge in [-0.3, -0.25) is 4.79 Å². The highest BCUT2D eigenvalue weighted by Gasteiger charge is 2.12. The summed E-state index contributed by atoms with van der Waals surface area (Å²) in [6.45, 7) is 6.60. The van der Waals surface area contributed by atoms with Gasteiger partial charge < -0.3 is 15.3 Å². The number of likely N-dealkylation sites (N-methyl/N-ethyl adjacent to an activating group) is 1. The van der Waals surface area contributed by atoms with Gasteiger partial charge in [0.1, 0.15) is 0 Å². The molecule has 1 atom stereocenters. The normalized spacial score (nSPS) is 12.9. The molecule has 0 aliphatic carbocycles. The number of amides is 1.